The summed E-state index contributed by atoms with van der Waals surface area (Å²) in [6.45, 7) is 1.97. The summed E-state index contributed by atoms with van der Waals surface area (Å²) in [5, 5.41) is 11.6. The van der Waals surface area contributed by atoms with Crippen molar-refractivity contribution < 1.29 is 9.77 Å². The Morgan fingerprint density at radius 3 is 2.45 bits per heavy atom. The third-order valence-corrected chi connectivity index (χ3v) is 5.56. The van der Waals surface area contributed by atoms with Gasteiger partial charge in [-0.25, -0.2) is 0 Å². The highest BCUT2D eigenvalue weighted by atomic mass is 31.2. The summed E-state index contributed by atoms with van der Waals surface area (Å²) in [5.74, 6) is 0. The molecule has 0 aromatic rings. The number of nitrogens with zero attached hydrogens (tertiary/aromatic N) is 1. The van der Waals surface area contributed by atoms with Gasteiger partial charge in [0.05, 0.1) is 12.9 Å². The largest absolute Gasteiger partial charge is 0.411 e. The molecule has 0 aromatic heterocycles. The lowest BCUT2D eigenvalue weighted by Crippen LogP contribution is -2.14. The molecule has 1 saturated heterocycles. The predicted octanol–water partition coefficient (Wildman–Crippen LogP) is 1.99. The van der Waals surface area contributed by atoms with Crippen LogP contribution < -0.4 is 0 Å². The van der Waals surface area contributed by atoms with Crippen LogP contribution in [-0.4, -0.2) is 29.4 Å². The zero-order valence-corrected chi connectivity index (χ0v) is 7.68. The van der Waals surface area contributed by atoms with E-state index in [2.05, 4.69) is 5.16 Å². The normalized spacial score (nSPS) is 31.9. The topological polar surface area (TPSA) is 49.7 Å². The van der Waals surface area contributed by atoms with E-state index in [0.717, 1.165) is 37.0 Å². The fourth-order valence-corrected chi connectivity index (χ4v) is 3.51. The first kappa shape index (κ1) is 8.79. The Labute approximate surface area is 66.9 Å². The fraction of sp³-hybridized carbons (Fsp3) is 0.857. The maximum Gasteiger partial charge on any atom is 0.0882 e. The Morgan fingerprint density at radius 2 is 2.09 bits per heavy atom. The van der Waals surface area contributed by atoms with Crippen molar-refractivity contribution in [3.63, 3.8) is 0 Å². The lowest BCUT2D eigenvalue weighted by atomic mass is 10.2. The van der Waals surface area contributed by atoms with Crippen molar-refractivity contribution in [2.24, 2.45) is 5.16 Å². The van der Waals surface area contributed by atoms with Crippen LogP contribution in [0.2, 0.25) is 0 Å². The molecule has 1 aliphatic rings. The second kappa shape index (κ2) is 3.40. The first-order chi connectivity index (χ1) is 5.20. The minimum absolute atomic E-state index is 0.724. The van der Waals surface area contributed by atoms with Crippen LogP contribution in [0.1, 0.15) is 19.8 Å². The molecule has 0 unspecified atom stereocenters. The Balaban J connectivity index is 2.55. The van der Waals surface area contributed by atoms with Crippen LogP contribution in [0.5, 0.6) is 0 Å². The van der Waals surface area contributed by atoms with E-state index < -0.39 is 7.14 Å². The maximum absolute atomic E-state index is 11.7. The molecule has 0 bridgehead atoms. The minimum Gasteiger partial charge on any atom is -0.411 e. The quantitative estimate of drug-likeness (QED) is 0.376. The van der Waals surface area contributed by atoms with Gasteiger partial charge in [-0.1, -0.05) is 12.1 Å². The Hall–Kier alpha value is -0.300. The van der Waals surface area contributed by atoms with E-state index in [1.54, 1.807) is 0 Å². The van der Waals surface area contributed by atoms with Gasteiger partial charge in [-0.3, -0.25) is 0 Å². The third-order valence-electron chi connectivity index (χ3n) is 2.33. The first-order valence-corrected chi connectivity index (χ1v) is 6.23. The van der Waals surface area contributed by atoms with Gasteiger partial charge >= 0.3 is 0 Å². The van der Waals surface area contributed by atoms with E-state index in [1.807, 2.05) is 6.92 Å². The fourth-order valence-electron chi connectivity index (χ4n) is 1.32. The SMILES string of the molecule is CCP1(=O)CCC(=NO)CC1. The van der Waals surface area contributed by atoms with Crippen LogP contribution in [0.3, 0.4) is 0 Å². The third kappa shape index (κ3) is 2.06. The van der Waals surface area contributed by atoms with Crippen LogP contribution in [0.4, 0.5) is 0 Å². The second-order valence-electron chi connectivity index (χ2n) is 2.99. The van der Waals surface area contributed by atoms with E-state index in [9.17, 15) is 4.57 Å². The van der Waals surface area contributed by atoms with Crippen molar-refractivity contribution in [1.82, 2.24) is 0 Å². The monoisotopic (exact) mass is 175 g/mol. The minimum atomic E-state index is -1.84. The van der Waals surface area contributed by atoms with E-state index >= 15 is 0 Å². The lowest BCUT2D eigenvalue weighted by Gasteiger charge is -2.21. The van der Waals surface area contributed by atoms with Crippen molar-refractivity contribution in [2.75, 3.05) is 18.5 Å². The molecular weight excluding hydrogens is 161 g/mol. The van der Waals surface area contributed by atoms with Crippen LogP contribution in [0.15, 0.2) is 5.16 Å². The summed E-state index contributed by atoms with van der Waals surface area (Å²) in [4.78, 5) is 0. The number of hydrogen-bond acceptors (Lipinski definition) is 3. The summed E-state index contributed by atoms with van der Waals surface area (Å²) in [5.41, 5.74) is 0.810. The number of oxime groups is 1. The number of rotatable bonds is 1. The average molecular weight is 175 g/mol. The highest BCUT2D eigenvalue weighted by Crippen LogP contribution is 2.48. The molecule has 1 aliphatic heterocycles. The summed E-state index contributed by atoms with van der Waals surface area (Å²) in [6, 6.07) is 0. The van der Waals surface area contributed by atoms with Crippen molar-refractivity contribution in [3.8, 4) is 0 Å². The van der Waals surface area contributed by atoms with Gasteiger partial charge in [0.25, 0.3) is 0 Å². The van der Waals surface area contributed by atoms with Crippen molar-refractivity contribution >= 4 is 12.9 Å². The highest BCUT2D eigenvalue weighted by molar-refractivity contribution is 7.64. The second-order valence-corrected chi connectivity index (χ2v) is 6.63. The zero-order valence-electron chi connectivity index (χ0n) is 6.79. The predicted molar refractivity (Wildman–Crippen MR) is 46.3 cm³/mol. The summed E-state index contributed by atoms with van der Waals surface area (Å²) >= 11 is 0. The standard InChI is InChI=1S/C7H14NO2P/c1-2-11(10)5-3-7(8-9)4-6-11/h9H,2-6H2,1H3. The average Bonchev–Trinajstić information content (AvgIpc) is 2.06. The molecule has 4 heteroatoms. The molecule has 0 atom stereocenters. The lowest BCUT2D eigenvalue weighted by molar-refractivity contribution is 0.316. The number of hydrogen-bond donors (Lipinski definition) is 1. The van der Waals surface area contributed by atoms with Crippen LogP contribution in [-0.2, 0) is 4.57 Å². The molecule has 1 fully saturated rings. The zero-order chi connectivity index (χ0) is 8.32. The van der Waals surface area contributed by atoms with Gasteiger partial charge in [-0.15, -0.1) is 0 Å². The Kier molecular flexibility index (Phi) is 2.72. The van der Waals surface area contributed by atoms with E-state index in [1.165, 1.54) is 0 Å². The van der Waals surface area contributed by atoms with Gasteiger partial charge in [0, 0.05) is 12.3 Å². The maximum atomic E-state index is 11.7. The molecule has 1 N–H and O–H groups in total. The smallest absolute Gasteiger partial charge is 0.0882 e. The molecule has 1 heterocycles. The molecule has 3 nitrogen and oxygen atoms in total. The molecule has 0 radical (unpaired) electrons. The molecule has 11 heavy (non-hydrogen) atoms. The van der Waals surface area contributed by atoms with Gasteiger partial charge in [0.15, 0.2) is 0 Å². The Bertz CT molecular complexity index is 198. The summed E-state index contributed by atoms with van der Waals surface area (Å²) < 4.78 is 11.7. The van der Waals surface area contributed by atoms with Gasteiger partial charge in [-0.05, 0) is 19.0 Å². The van der Waals surface area contributed by atoms with Crippen LogP contribution in [0.25, 0.3) is 0 Å². The molecule has 0 spiro atoms. The molecule has 0 aliphatic carbocycles. The highest BCUT2D eigenvalue weighted by Gasteiger charge is 2.25. The molecule has 1 rings (SSSR count). The van der Waals surface area contributed by atoms with Gasteiger partial charge in [-0.2, -0.15) is 0 Å². The van der Waals surface area contributed by atoms with Crippen LogP contribution in [0, 0.1) is 0 Å². The van der Waals surface area contributed by atoms with Crippen LogP contribution >= 0.6 is 7.14 Å². The van der Waals surface area contributed by atoms with Gasteiger partial charge in [0.2, 0.25) is 0 Å². The van der Waals surface area contributed by atoms with Gasteiger partial charge < -0.3 is 9.77 Å². The molecular formula is C7H14NO2P. The molecule has 0 saturated carbocycles. The molecule has 0 aromatic carbocycles. The Morgan fingerprint density at radius 1 is 1.55 bits per heavy atom. The molecule has 64 valence electrons. The summed E-state index contributed by atoms with van der Waals surface area (Å²) in [6.07, 6.45) is 3.72. The van der Waals surface area contributed by atoms with E-state index in [0.29, 0.717) is 0 Å². The molecule has 0 amide bonds. The van der Waals surface area contributed by atoms with Crippen molar-refractivity contribution in [3.05, 3.63) is 0 Å². The van der Waals surface area contributed by atoms with E-state index in [-0.39, 0.29) is 0 Å². The van der Waals surface area contributed by atoms with Crippen molar-refractivity contribution in [2.45, 2.75) is 19.8 Å². The first-order valence-electron chi connectivity index (χ1n) is 3.97. The van der Waals surface area contributed by atoms with Crippen molar-refractivity contribution in [1.29, 1.82) is 0 Å². The summed E-state index contributed by atoms with van der Waals surface area (Å²) in [7, 11) is -1.84. The van der Waals surface area contributed by atoms with E-state index in [4.69, 9.17) is 5.21 Å². The van der Waals surface area contributed by atoms with Gasteiger partial charge in [0.1, 0.15) is 0 Å².